The van der Waals surface area contributed by atoms with Gasteiger partial charge in [-0.2, -0.15) is 0 Å². The maximum absolute atomic E-state index is 13.0. The quantitative estimate of drug-likeness (QED) is 0.643. The van der Waals surface area contributed by atoms with Crippen molar-refractivity contribution < 1.29 is 27.5 Å². The number of halogens is 3. The number of anilines is 1. The van der Waals surface area contributed by atoms with Crippen LogP contribution in [0.25, 0.3) is 0 Å². The van der Waals surface area contributed by atoms with Gasteiger partial charge >= 0.3 is 12.4 Å². The Hall–Kier alpha value is -3.10. The van der Waals surface area contributed by atoms with E-state index in [1.165, 1.54) is 17.0 Å². The number of benzene rings is 1. The van der Waals surface area contributed by atoms with Crippen molar-refractivity contribution in [2.45, 2.75) is 46.1 Å². The molecule has 0 N–H and O–H groups in total. The normalized spacial score (nSPS) is 17.2. The minimum atomic E-state index is -4.82. The van der Waals surface area contributed by atoms with Crippen LogP contribution in [-0.4, -0.2) is 34.2 Å². The summed E-state index contributed by atoms with van der Waals surface area (Å²) >= 11 is 0. The molecule has 0 radical (unpaired) electrons. The fourth-order valence-electron chi connectivity index (χ4n) is 3.36. The third-order valence-corrected chi connectivity index (χ3v) is 4.78. The van der Waals surface area contributed by atoms with Crippen LogP contribution >= 0.6 is 0 Å². The Balaban J connectivity index is 1.81. The number of hydrogen-bond donors (Lipinski definition) is 0. The molecule has 0 spiro atoms. The lowest BCUT2D eigenvalue weighted by Gasteiger charge is -2.21. The predicted octanol–water partition coefficient (Wildman–Crippen LogP) is 4.54. The average molecular weight is 421 g/mol. The molecule has 2 heterocycles. The maximum Gasteiger partial charge on any atom is 0.573 e. The highest BCUT2D eigenvalue weighted by atomic mass is 19.4. The molecule has 160 valence electrons. The lowest BCUT2D eigenvalue weighted by molar-refractivity contribution is -0.274. The van der Waals surface area contributed by atoms with Crippen molar-refractivity contribution in [2.24, 2.45) is 5.92 Å². The third kappa shape index (κ3) is 4.72. The summed E-state index contributed by atoms with van der Waals surface area (Å²) in [6, 6.07) is 5.25. The van der Waals surface area contributed by atoms with Gasteiger partial charge in [-0.1, -0.05) is 13.8 Å². The van der Waals surface area contributed by atoms with Crippen LogP contribution in [0.3, 0.4) is 0 Å². The molecule has 1 atom stereocenters. The van der Waals surface area contributed by atoms with Crippen LogP contribution in [0, 0.1) is 5.92 Å². The van der Waals surface area contributed by atoms with E-state index in [-0.39, 0.29) is 12.2 Å². The molecular formula is C21H22F3N3O3. The van der Waals surface area contributed by atoms with E-state index in [2.05, 4.69) is 23.6 Å². The van der Waals surface area contributed by atoms with Gasteiger partial charge in [-0.3, -0.25) is 9.78 Å². The zero-order chi connectivity index (χ0) is 22.1. The van der Waals surface area contributed by atoms with E-state index in [4.69, 9.17) is 0 Å². The zero-order valence-corrected chi connectivity index (χ0v) is 16.8. The summed E-state index contributed by atoms with van der Waals surface area (Å²) in [7, 11) is 0. The zero-order valence-electron chi connectivity index (χ0n) is 16.8. The van der Waals surface area contributed by atoms with E-state index >= 15 is 0 Å². The number of hydrogen-bond acceptors (Lipinski definition) is 4. The monoisotopic (exact) mass is 421 g/mol. The van der Waals surface area contributed by atoms with Crippen LogP contribution < -0.4 is 9.64 Å². The number of carbonyl (C=O) groups excluding carboxylic acids is 2. The Morgan fingerprint density at radius 3 is 2.37 bits per heavy atom. The molecule has 1 saturated heterocycles. The topological polar surface area (TPSA) is 62.7 Å². The first-order valence-corrected chi connectivity index (χ1v) is 9.49. The first kappa shape index (κ1) is 21.6. The van der Waals surface area contributed by atoms with E-state index in [0.717, 1.165) is 34.6 Å². The highest BCUT2D eigenvalue weighted by molar-refractivity contribution is 6.21. The number of carbonyl (C=O) groups is 2. The molecule has 3 amide bonds. The Bertz CT molecular complexity index is 929. The van der Waals surface area contributed by atoms with Crippen LogP contribution in [-0.2, 0) is 17.8 Å². The maximum atomic E-state index is 13.0. The Labute approximate surface area is 172 Å². The Kier molecular flexibility index (Phi) is 6.00. The van der Waals surface area contributed by atoms with Crippen molar-refractivity contribution in [1.82, 2.24) is 9.88 Å². The second-order valence-corrected chi connectivity index (χ2v) is 7.54. The van der Waals surface area contributed by atoms with Crippen LogP contribution in [0.15, 0.2) is 42.7 Å². The van der Waals surface area contributed by atoms with Crippen molar-refractivity contribution in [2.75, 3.05) is 4.90 Å². The van der Waals surface area contributed by atoms with Gasteiger partial charge in [0.25, 0.3) is 5.91 Å². The largest absolute Gasteiger partial charge is 0.573 e. The molecule has 9 heteroatoms. The van der Waals surface area contributed by atoms with E-state index in [1.807, 2.05) is 6.07 Å². The SMILES string of the molecule is CC(C)Cc1cnccc1CN1C(=O)N(c2ccc(OC(F)(F)F)cc2)C(=O)C1C. The number of imide groups is 1. The first-order valence-electron chi connectivity index (χ1n) is 9.49. The average Bonchev–Trinajstić information content (AvgIpc) is 2.86. The standard InChI is InChI=1S/C21H22F3N3O3/c1-13(2)10-16-11-25-9-8-15(16)12-26-14(3)19(28)27(20(26)29)17-4-6-18(7-5-17)30-21(22,23)24/h4-9,11,13-14H,10,12H2,1-3H3. The number of amides is 3. The van der Waals surface area contributed by atoms with Crippen LogP contribution in [0.5, 0.6) is 5.75 Å². The summed E-state index contributed by atoms with van der Waals surface area (Å²) in [6.07, 6.45) is -0.620. The molecule has 1 aromatic carbocycles. The lowest BCUT2D eigenvalue weighted by Crippen LogP contribution is -2.33. The summed E-state index contributed by atoms with van der Waals surface area (Å²) in [5.41, 5.74) is 2.10. The van der Waals surface area contributed by atoms with Crippen molar-refractivity contribution in [3.63, 3.8) is 0 Å². The van der Waals surface area contributed by atoms with Gasteiger partial charge in [-0.25, -0.2) is 9.69 Å². The summed E-state index contributed by atoms with van der Waals surface area (Å²) in [4.78, 5) is 32.3. The van der Waals surface area contributed by atoms with Gasteiger partial charge in [0.2, 0.25) is 0 Å². The minimum absolute atomic E-state index is 0.186. The third-order valence-electron chi connectivity index (χ3n) is 4.78. The van der Waals surface area contributed by atoms with Gasteiger partial charge in [-0.05, 0) is 60.7 Å². The van der Waals surface area contributed by atoms with Gasteiger partial charge in [0, 0.05) is 18.9 Å². The molecule has 0 saturated carbocycles. The molecule has 2 aromatic rings. The van der Waals surface area contributed by atoms with E-state index < -0.39 is 30.1 Å². The molecule has 1 fully saturated rings. The summed E-state index contributed by atoms with van der Waals surface area (Å²) in [6.45, 7) is 6.03. The fourth-order valence-corrected chi connectivity index (χ4v) is 3.36. The highest BCUT2D eigenvalue weighted by Crippen LogP contribution is 2.30. The van der Waals surface area contributed by atoms with Gasteiger partial charge in [0.15, 0.2) is 0 Å². The molecule has 0 aliphatic carbocycles. The van der Waals surface area contributed by atoms with Crippen LogP contribution in [0.2, 0.25) is 0 Å². The van der Waals surface area contributed by atoms with Crippen molar-refractivity contribution in [3.8, 4) is 5.75 Å². The molecule has 1 unspecified atom stereocenters. The summed E-state index contributed by atoms with van der Waals surface area (Å²) < 4.78 is 40.8. The summed E-state index contributed by atoms with van der Waals surface area (Å²) in [5, 5.41) is 0. The second kappa shape index (κ2) is 8.33. The number of aromatic nitrogens is 1. The second-order valence-electron chi connectivity index (χ2n) is 7.54. The van der Waals surface area contributed by atoms with Crippen molar-refractivity contribution in [1.29, 1.82) is 0 Å². The van der Waals surface area contributed by atoms with Crippen LogP contribution in [0.1, 0.15) is 31.9 Å². The molecule has 1 aliphatic rings. The number of nitrogens with zero attached hydrogens (tertiary/aromatic N) is 3. The smallest absolute Gasteiger partial charge is 0.406 e. The highest BCUT2D eigenvalue weighted by Gasteiger charge is 2.43. The molecule has 6 nitrogen and oxygen atoms in total. The van der Waals surface area contributed by atoms with E-state index in [0.29, 0.717) is 5.92 Å². The molecule has 3 rings (SSSR count). The fraction of sp³-hybridized carbons (Fsp3) is 0.381. The van der Waals surface area contributed by atoms with Crippen LogP contribution in [0.4, 0.5) is 23.7 Å². The van der Waals surface area contributed by atoms with Gasteiger partial charge in [0.05, 0.1) is 5.69 Å². The van der Waals surface area contributed by atoms with E-state index in [1.54, 1.807) is 19.3 Å². The minimum Gasteiger partial charge on any atom is -0.406 e. The molecule has 0 bridgehead atoms. The lowest BCUT2D eigenvalue weighted by atomic mass is 9.99. The number of ether oxygens (including phenoxy) is 1. The molecule has 1 aliphatic heterocycles. The number of urea groups is 1. The number of alkyl halides is 3. The van der Waals surface area contributed by atoms with Gasteiger partial charge in [-0.15, -0.1) is 13.2 Å². The van der Waals surface area contributed by atoms with E-state index in [9.17, 15) is 22.8 Å². The molecule has 30 heavy (non-hydrogen) atoms. The number of rotatable bonds is 6. The molecule has 1 aromatic heterocycles. The predicted molar refractivity (Wildman–Crippen MR) is 104 cm³/mol. The molecular weight excluding hydrogens is 399 g/mol. The van der Waals surface area contributed by atoms with Gasteiger partial charge < -0.3 is 9.64 Å². The Morgan fingerprint density at radius 2 is 1.77 bits per heavy atom. The first-order chi connectivity index (χ1) is 14.1. The number of pyridine rings is 1. The van der Waals surface area contributed by atoms with Crippen molar-refractivity contribution >= 4 is 17.6 Å². The van der Waals surface area contributed by atoms with Crippen molar-refractivity contribution in [3.05, 3.63) is 53.9 Å². The summed E-state index contributed by atoms with van der Waals surface area (Å²) in [5.74, 6) is -0.468. The Morgan fingerprint density at radius 1 is 1.10 bits per heavy atom. The van der Waals surface area contributed by atoms with Gasteiger partial charge in [0.1, 0.15) is 11.8 Å².